The molecule has 0 heterocycles. The summed E-state index contributed by atoms with van der Waals surface area (Å²) in [5, 5.41) is 9.16. The highest BCUT2D eigenvalue weighted by molar-refractivity contribution is 4.77. The monoisotopic (exact) mass is 228 g/mol. The number of nitrogens with zero attached hydrogens (tertiary/aromatic N) is 1. The second-order valence-electron chi connectivity index (χ2n) is 5.22. The van der Waals surface area contributed by atoms with Gasteiger partial charge in [0.15, 0.2) is 0 Å². The molecule has 0 aliphatic heterocycles. The van der Waals surface area contributed by atoms with Gasteiger partial charge in [-0.1, -0.05) is 26.2 Å². The standard InChI is InChI=1S/C13H28N2O/c1-12(11-16)10-15(9-5-8-14)13-6-3-2-4-7-13/h12-13,16H,2-11,14H2,1H3. The van der Waals surface area contributed by atoms with E-state index in [1.807, 2.05) is 0 Å². The van der Waals surface area contributed by atoms with Gasteiger partial charge >= 0.3 is 0 Å². The average Bonchev–Trinajstić information content (AvgIpc) is 2.35. The molecule has 0 aromatic heterocycles. The highest BCUT2D eigenvalue weighted by Crippen LogP contribution is 2.23. The predicted octanol–water partition coefficient (Wildman–Crippen LogP) is 1.60. The molecular weight excluding hydrogens is 200 g/mol. The smallest absolute Gasteiger partial charge is 0.0468 e. The molecule has 16 heavy (non-hydrogen) atoms. The quantitative estimate of drug-likeness (QED) is 0.696. The van der Waals surface area contributed by atoms with Crippen LogP contribution in [0.1, 0.15) is 45.4 Å². The summed E-state index contributed by atoms with van der Waals surface area (Å²) < 4.78 is 0. The van der Waals surface area contributed by atoms with Gasteiger partial charge in [-0.2, -0.15) is 0 Å². The summed E-state index contributed by atoms with van der Waals surface area (Å²) in [6.45, 7) is 5.33. The van der Waals surface area contributed by atoms with Crippen LogP contribution in [-0.2, 0) is 0 Å². The minimum Gasteiger partial charge on any atom is -0.396 e. The Hall–Kier alpha value is -0.120. The fourth-order valence-corrected chi connectivity index (χ4v) is 2.62. The van der Waals surface area contributed by atoms with Crippen LogP contribution in [0.2, 0.25) is 0 Å². The molecule has 0 radical (unpaired) electrons. The third-order valence-corrected chi connectivity index (χ3v) is 3.60. The first-order valence-corrected chi connectivity index (χ1v) is 6.83. The van der Waals surface area contributed by atoms with Crippen LogP contribution in [0.4, 0.5) is 0 Å². The lowest BCUT2D eigenvalue weighted by molar-refractivity contribution is 0.113. The Bertz CT molecular complexity index is 169. The van der Waals surface area contributed by atoms with Crippen LogP contribution < -0.4 is 5.73 Å². The van der Waals surface area contributed by atoms with Crippen molar-refractivity contribution in [1.82, 2.24) is 4.90 Å². The molecule has 1 unspecified atom stereocenters. The first kappa shape index (κ1) is 13.9. The second kappa shape index (κ2) is 8.04. The van der Waals surface area contributed by atoms with Crippen molar-refractivity contribution in [2.24, 2.45) is 11.7 Å². The van der Waals surface area contributed by atoms with Crippen LogP contribution in [0.25, 0.3) is 0 Å². The molecule has 1 aliphatic carbocycles. The average molecular weight is 228 g/mol. The largest absolute Gasteiger partial charge is 0.396 e. The zero-order valence-electron chi connectivity index (χ0n) is 10.7. The van der Waals surface area contributed by atoms with Crippen LogP contribution in [0, 0.1) is 5.92 Å². The zero-order chi connectivity index (χ0) is 11.8. The highest BCUT2D eigenvalue weighted by Gasteiger charge is 2.21. The minimum atomic E-state index is 0.297. The SMILES string of the molecule is CC(CO)CN(CCCN)C1CCCCC1. The van der Waals surface area contributed by atoms with Gasteiger partial charge in [0.05, 0.1) is 0 Å². The number of nitrogens with two attached hydrogens (primary N) is 1. The molecule has 0 amide bonds. The van der Waals surface area contributed by atoms with Gasteiger partial charge in [-0.3, -0.25) is 4.90 Å². The van der Waals surface area contributed by atoms with Crippen molar-refractivity contribution in [2.75, 3.05) is 26.2 Å². The van der Waals surface area contributed by atoms with Crippen molar-refractivity contribution >= 4 is 0 Å². The van der Waals surface area contributed by atoms with Gasteiger partial charge in [-0.25, -0.2) is 0 Å². The molecule has 3 nitrogen and oxygen atoms in total. The molecule has 1 saturated carbocycles. The number of aliphatic hydroxyl groups is 1. The normalized spacial score (nSPS) is 20.2. The summed E-state index contributed by atoms with van der Waals surface area (Å²) in [6.07, 6.45) is 7.89. The third kappa shape index (κ3) is 4.81. The second-order valence-corrected chi connectivity index (χ2v) is 5.22. The molecule has 3 N–H and O–H groups in total. The number of aliphatic hydroxyl groups excluding tert-OH is 1. The molecule has 1 rings (SSSR count). The van der Waals surface area contributed by atoms with E-state index in [-0.39, 0.29) is 0 Å². The molecule has 0 saturated heterocycles. The van der Waals surface area contributed by atoms with E-state index >= 15 is 0 Å². The van der Waals surface area contributed by atoms with Gasteiger partial charge in [0.2, 0.25) is 0 Å². The van der Waals surface area contributed by atoms with Crippen molar-refractivity contribution in [3.63, 3.8) is 0 Å². The van der Waals surface area contributed by atoms with E-state index in [0.717, 1.165) is 32.1 Å². The fraction of sp³-hybridized carbons (Fsp3) is 1.00. The summed E-state index contributed by atoms with van der Waals surface area (Å²) >= 11 is 0. The van der Waals surface area contributed by atoms with Crippen molar-refractivity contribution < 1.29 is 5.11 Å². The van der Waals surface area contributed by atoms with E-state index < -0.39 is 0 Å². The van der Waals surface area contributed by atoms with Crippen LogP contribution in [0.15, 0.2) is 0 Å². The Morgan fingerprint density at radius 1 is 1.31 bits per heavy atom. The number of hydrogen-bond acceptors (Lipinski definition) is 3. The van der Waals surface area contributed by atoms with Crippen LogP contribution in [-0.4, -0.2) is 42.3 Å². The Kier molecular flexibility index (Phi) is 7.01. The van der Waals surface area contributed by atoms with Gasteiger partial charge in [-0.15, -0.1) is 0 Å². The molecule has 0 aromatic rings. The number of rotatable bonds is 7. The van der Waals surface area contributed by atoms with E-state index in [2.05, 4.69) is 11.8 Å². The Morgan fingerprint density at radius 2 is 2.00 bits per heavy atom. The van der Waals surface area contributed by atoms with Gasteiger partial charge in [0.1, 0.15) is 0 Å². The molecule has 1 fully saturated rings. The van der Waals surface area contributed by atoms with Crippen molar-refractivity contribution in [3.8, 4) is 0 Å². The summed E-state index contributed by atoms with van der Waals surface area (Å²) in [5.74, 6) is 0.389. The molecule has 0 spiro atoms. The lowest BCUT2D eigenvalue weighted by atomic mass is 9.93. The van der Waals surface area contributed by atoms with Gasteiger partial charge in [0, 0.05) is 19.2 Å². The van der Waals surface area contributed by atoms with Gasteiger partial charge in [-0.05, 0) is 38.3 Å². The third-order valence-electron chi connectivity index (χ3n) is 3.60. The van der Waals surface area contributed by atoms with E-state index in [1.165, 1.54) is 32.1 Å². The maximum Gasteiger partial charge on any atom is 0.0468 e. The zero-order valence-corrected chi connectivity index (χ0v) is 10.7. The molecule has 0 aromatic carbocycles. The molecule has 0 bridgehead atoms. The van der Waals surface area contributed by atoms with Crippen LogP contribution in [0.3, 0.4) is 0 Å². The van der Waals surface area contributed by atoms with Gasteiger partial charge < -0.3 is 10.8 Å². The highest BCUT2D eigenvalue weighted by atomic mass is 16.3. The molecule has 3 heteroatoms. The summed E-state index contributed by atoms with van der Waals surface area (Å²) in [5.41, 5.74) is 5.59. The Morgan fingerprint density at radius 3 is 2.56 bits per heavy atom. The van der Waals surface area contributed by atoms with Gasteiger partial charge in [0.25, 0.3) is 0 Å². The first-order chi connectivity index (χ1) is 7.77. The maximum atomic E-state index is 9.16. The maximum absolute atomic E-state index is 9.16. The molecule has 1 atom stereocenters. The molecule has 1 aliphatic rings. The minimum absolute atomic E-state index is 0.297. The summed E-state index contributed by atoms with van der Waals surface area (Å²) in [4.78, 5) is 2.56. The van der Waals surface area contributed by atoms with Crippen LogP contribution >= 0.6 is 0 Å². The van der Waals surface area contributed by atoms with Crippen molar-refractivity contribution in [3.05, 3.63) is 0 Å². The van der Waals surface area contributed by atoms with E-state index in [1.54, 1.807) is 0 Å². The summed E-state index contributed by atoms with van der Waals surface area (Å²) in [6, 6.07) is 0.745. The Balaban J connectivity index is 2.40. The lowest BCUT2D eigenvalue weighted by Gasteiger charge is -2.35. The molecular formula is C13H28N2O. The lowest BCUT2D eigenvalue weighted by Crippen LogP contribution is -2.41. The van der Waals surface area contributed by atoms with E-state index in [4.69, 9.17) is 10.8 Å². The Labute approximate surface area is 100 Å². The summed E-state index contributed by atoms with van der Waals surface area (Å²) in [7, 11) is 0. The first-order valence-electron chi connectivity index (χ1n) is 6.83. The van der Waals surface area contributed by atoms with E-state index in [0.29, 0.717) is 12.5 Å². The topological polar surface area (TPSA) is 49.5 Å². The van der Waals surface area contributed by atoms with E-state index in [9.17, 15) is 0 Å². The van der Waals surface area contributed by atoms with Crippen molar-refractivity contribution in [1.29, 1.82) is 0 Å². The number of hydrogen-bond donors (Lipinski definition) is 2. The van der Waals surface area contributed by atoms with Crippen LogP contribution in [0.5, 0.6) is 0 Å². The van der Waals surface area contributed by atoms with Crippen molar-refractivity contribution in [2.45, 2.75) is 51.5 Å². The fourth-order valence-electron chi connectivity index (χ4n) is 2.62. The predicted molar refractivity (Wildman–Crippen MR) is 68.4 cm³/mol. The molecule has 96 valence electrons.